The fraction of sp³-hybridized carbons (Fsp3) is 0.105. The number of ether oxygens (including phenoxy) is 2. The van der Waals surface area contributed by atoms with Crippen molar-refractivity contribution in [1.82, 2.24) is 0 Å². The topological polar surface area (TPSA) is 94.8 Å². The minimum absolute atomic E-state index is 0.0156. The van der Waals surface area contributed by atoms with Gasteiger partial charge in [0.05, 0.1) is 30.5 Å². The monoisotopic (exact) mass is 387 g/mol. The molecule has 1 N–H and O–H groups in total. The molecular formula is C19H14ClNO6. The molecule has 1 amide bonds. The van der Waals surface area contributed by atoms with Crippen LogP contribution >= 0.6 is 11.6 Å². The molecule has 3 rings (SSSR count). The Kier molecular flexibility index (Phi) is 5.14. The number of halogens is 1. The molecule has 138 valence electrons. The van der Waals surface area contributed by atoms with Crippen molar-refractivity contribution in [3.05, 3.63) is 69.0 Å². The third-order valence-electron chi connectivity index (χ3n) is 3.83. The SMILES string of the molecule is COC(=O)c1cc(Cl)c(OC)cc1NC(=O)c1cc2ccccc2oc1=O. The molecule has 7 nitrogen and oxygen atoms in total. The number of amides is 1. The lowest BCUT2D eigenvalue weighted by Crippen LogP contribution is -2.22. The van der Waals surface area contributed by atoms with Crippen molar-refractivity contribution in [3.63, 3.8) is 0 Å². The van der Waals surface area contributed by atoms with Crippen LogP contribution in [0.15, 0.2) is 51.7 Å². The van der Waals surface area contributed by atoms with Crippen molar-refractivity contribution >= 4 is 40.1 Å². The van der Waals surface area contributed by atoms with Crippen LogP contribution in [-0.4, -0.2) is 26.1 Å². The molecule has 0 radical (unpaired) electrons. The Morgan fingerprint density at radius 3 is 2.52 bits per heavy atom. The Balaban J connectivity index is 2.04. The number of methoxy groups -OCH3 is 2. The van der Waals surface area contributed by atoms with Crippen LogP contribution in [0.3, 0.4) is 0 Å². The highest BCUT2D eigenvalue weighted by Crippen LogP contribution is 2.32. The summed E-state index contributed by atoms with van der Waals surface area (Å²) in [5, 5.41) is 3.27. The summed E-state index contributed by atoms with van der Waals surface area (Å²) in [5.41, 5.74) is -0.546. The summed E-state index contributed by atoms with van der Waals surface area (Å²) in [6.07, 6.45) is 0. The van der Waals surface area contributed by atoms with E-state index in [1.54, 1.807) is 24.3 Å². The Morgan fingerprint density at radius 1 is 1.07 bits per heavy atom. The van der Waals surface area contributed by atoms with E-state index in [1.165, 1.54) is 32.4 Å². The number of para-hydroxylation sites is 1. The van der Waals surface area contributed by atoms with Crippen LogP contribution in [-0.2, 0) is 4.74 Å². The van der Waals surface area contributed by atoms with Crippen LogP contribution in [0.1, 0.15) is 20.7 Å². The highest BCUT2D eigenvalue weighted by Gasteiger charge is 2.20. The highest BCUT2D eigenvalue weighted by molar-refractivity contribution is 6.32. The average molecular weight is 388 g/mol. The zero-order chi connectivity index (χ0) is 19.6. The molecule has 0 saturated carbocycles. The van der Waals surface area contributed by atoms with E-state index >= 15 is 0 Å². The summed E-state index contributed by atoms with van der Waals surface area (Å²) < 4.78 is 15.0. The zero-order valence-corrected chi connectivity index (χ0v) is 15.1. The van der Waals surface area contributed by atoms with E-state index in [9.17, 15) is 14.4 Å². The number of benzene rings is 2. The largest absolute Gasteiger partial charge is 0.495 e. The molecule has 0 atom stereocenters. The first-order valence-electron chi connectivity index (χ1n) is 7.74. The molecule has 1 heterocycles. The van der Waals surface area contributed by atoms with E-state index in [2.05, 4.69) is 5.32 Å². The van der Waals surface area contributed by atoms with Crippen molar-refractivity contribution in [2.75, 3.05) is 19.5 Å². The molecule has 0 aliphatic rings. The van der Waals surface area contributed by atoms with Gasteiger partial charge in [-0.05, 0) is 18.2 Å². The molecular weight excluding hydrogens is 374 g/mol. The Bertz CT molecular complexity index is 1110. The molecule has 0 aliphatic carbocycles. The first-order valence-corrected chi connectivity index (χ1v) is 8.12. The van der Waals surface area contributed by atoms with Gasteiger partial charge < -0.3 is 19.2 Å². The molecule has 0 spiro atoms. The van der Waals surface area contributed by atoms with Crippen LogP contribution in [0.5, 0.6) is 5.75 Å². The van der Waals surface area contributed by atoms with E-state index < -0.39 is 17.5 Å². The fourth-order valence-electron chi connectivity index (χ4n) is 2.50. The van der Waals surface area contributed by atoms with Crippen LogP contribution in [0, 0.1) is 0 Å². The number of fused-ring (bicyclic) bond motifs is 1. The molecule has 0 saturated heterocycles. The van der Waals surface area contributed by atoms with Gasteiger partial charge in [-0.3, -0.25) is 4.79 Å². The van der Waals surface area contributed by atoms with Gasteiger partial charge in [-0.25, -0.2) is 9.59 Å². The number of anilines is 1. The summed E-state index contributed by atoms with van der Waals surface area (Å²) in [6.45, 7) is 0. The first kappa shape index (κ1) is 18.5. The standard InChI is InChI=1S/C19H14ClNO6/c1-25-16-9-14(11(8-13(16)20)18(23)26-2)21-17(22)12-7-10-5-3-4-6-15(10)27-19(12)24/h3-9H,1-2H3,(H,21,22). The van der Waals surface area contributed by atoms with Gasteiger partial charge in [0.2, 0.25) is 0 Å². The lowest BCUT2D eigenvalue weighted by atomic mass is 10.1. The van der Waals surface area contributed by atoms with Gasteiger partial charge in [-0.15, -0.1) is 0 Å². The van der Waals surface area contributed by atoms with Crippen molar-refractivity contribution in [1.29, 1.82) is 0 Å². The second-order valence-corrected chi connectivity index (χ2v) is 5.87. The van der Waals surface area contributed by atoms with E-state index in [4.69, 9.17) is 25.5 Å². The van der Waals surface area contributed by atoms with E-state index in [0.717, 1.165) is 0 Å². The van der Waals surface area contributed by atoms with Gasteiger partial charge in [0, 0.05) is 11.5 Å². The predicted molar refractivity (Wildman–Crippen MR) is 99.8 cm³/mol. The van der Waals surface area contributed by atoms with Crippen LogP contribution in [0.25, 0.3) is 11.0 Å². The average Bonchev–Trinajstić information content (AvgIpc) is 2.67. The molecule has 2 aromatic carbocycles. The van der Waals surface area contributed by atoms with Gasteiger partial charge in [-0.2, -0.15) is 0 Å². The molecule has 0 unspecified atom stereocenters. The predicted octanol–water partition coefficient (Wildman–Crippen LogP) is 3.49. The summed E-state index contributed by atoms with van der Waals surface area (Å²) in [6, 6.07) is 10.9. The second-order valence-electron chi connectivity index (χ2n) is 5.46. The molecule has 0 bridgehead atoms. The normalized spacial score (nSPS) is 10.5. The van der Waals surface area contributed by atoms with Crippen molar-refractivity contribution in [2.24, 2.45) is 0 Å². The van der Waals surface area contributed by atoms with Crippen LogP contribution in [0.4, 0.5) is 5.69 Å². The third kappa shape index (κ3) is 3.63. The highest BCUT2D eigenvalue weighted by atomic mass is 35.5. The van der Waals surface area contributed by atoms with Gasteiger partial charge in [0.1, 0.15) is 16.9 Å². The van der Waals surface area contributed by atoms with Crippen LogP contribution < -0.4 is 15.7 Å². The van der Waals surface area contributed by atoms with Crippen molar-refractivity contribution in [2.45, 2.75) is 0 Å². The van der Waals surface area contributed by atoms with Crippen LogP contribution in [0.2, 0.25) is 5.02 Å². The van der Waals surface area contributed by atoms with E-state index in [0.29, 0.717) is 11.0 Å². The van der Waals surface area contributed by atoms with Crippen molar-refractivity contribution in [3.8, 4) is 5.75 Å². The summed E-state index contributed by atoms with van der Waals surface area (Å²) >= 11 is 6.04. The Morgan fingerprint density at radius 2 is 1.81 bits per heavy atom. The number of nitrogens with one attached hydrogen (secondary N) is 1. The minimum Gasteiger partial charge on any atom is -0.495 e. The summed E-state index contributed by atoms with van der Waals surface area (Å²) in [4.78, 5) is 36.8. The summed E-state index contributed by atoms with van der Waals surface area (Å²) in [5.74, 6) is -1.21. The molecule has 1 aromatic heterocycles. The molecule has 0 aliphatic heterocycles. The maximum atomic E-state index is 12.6. The van der Waals surface area contributed by atoms with E-state index in [1.807, 2.05) is 0 Å². The van der Waals surface area contributed by atoms with E-state index in [-0.39, 0.29) is 27.6 Å². The lowest BCUT2D eigenvalue weighted by molar-refractivity contribution is 0.0602. The lowest BCUT2D eigenvalue weighted by Gasteiger charge is -2.13. The van der Waals surface area contributed by atoms with Gasteiger partial charge >= 0.3 is 11.6 Å². The number of hydrogen-bond donors (Lipinski definition) is 1. The Hall–Kier alpha value is -3.32. The first-order chi connectivity index (χ1) is 12.9. The number of carbonyl (C=O) groups is 2. The van der Waals surface area contributed by atoms with Gasteiger partial charge in [-0.1, -0.05) is 29.8 Å². The number of esters is 1. The molecule has 0 fully saturated rings. The molecule has 3 aromatic rings. The molecule has 8 heteroatoms. The number of carbonyl (C=O) groups excluding carboxylic acids is 2. The second kappa shape index (κ2) is 7.51. The smallest absolute Gasteiger partial charge is 0.349 e. The third-order valence-corrected chi connectivity index (χ3v) is 4.13. The minimum atomic E-state index is -0.799. The fourth-order valence-corrected chi connectivity index (χ4v) is 2.74. The molecule has 27 heavy (non-hydrogen) atoms. The number of rotatable bonds is 4. The maximum absolute atomic E-state index is 12.6. The maximum Gasteiger partial charge on any atom is 0.349 e. The zero-order valence-electron chi connectivity index (χ0n) is 14.4. The van der Waals surface area contributed by atoms with Gasteiger partial charge in [0.15, 0.2) is 0 Å². The van der Waals surface area contributed by atoms with Crippen molar-refractivity contribution < 1.29 is 23.5 Å². The Labute approximate surface area is 158 Å². The number of hydrogen-bond acceptors (Lipinski definition) is 6. The van der Waals surface area contributed by atoms with Gasteiger partial charge in [0.25, 0.3) is 5.91 Å². The summed E-state index contributed by atoms with van der Waals surface area (Å²) in [7, 11) is 2.59. The quantitative estimate of drug-likeness (QED) is 0.544.